The van der Waals surface area contributed by atoms with Crippen molar-refractivity contribution < 1.29 is 4.92 Å². The second-order valence-corrected chi connectivity index (χ2v) is 4.72. The second kappa shape index (κ2) is 4.01. The molecule has 2 aromatic heterocycles. The molecule has 2 aromatic rings. The van der Waals surface area contributed by atoms with Gasteiger partial charge in [-0.1, -0.05) is 22.7 Å². The number of nitrogens with two attached hydrogens (primary N) is 1. The molecule has 0 bridgehead atoms. The zero-order valence-electron chi connectivity index (χ0n) is 7.41. The van der Waals surface area contributed by atoms with Gasteiger partial charge in [0.15, 0.2) is 5.01 Å². The lowest BCUT2D eigenvalue weighted by Crippen LogP contribution is -1.94. The van der Waals surface area contributed by atoms with Crippen LogP contribution in [-0.4, -0.2) is 15.1 Å². The first-order chi connectivity index (χ1) is 7.20. The Morgan fingerprint density at radius 3 is 2.73 bits per heavy atom. The number of nitrogens with zero attached hydrogens (tertiary/aromatic N) is 3. The average molecular weight is 242 g/mol. The summed E-state index contributed by atoms with van der Waals surface area (Å²) in [5, 5.41) is 19.7. The predicted molar refractivity (Wildman–Crippen MR) is 57.8 cm³/mol. The summed E-state index contributed by atoms with van der Waals surface area (Å²) in [4.78, 5) is 10.8. The molecule has 0 saturated heterocycles. The van der Waals surface area contributed by atoms with Gasteiger partial charge in [-0.2, -0.15) is 0 Å². The van der Waals surface area contributed by atoms with Crippen molar-refractivity contribution in [2.45, 2.75) is 6.54 Å². The molecule has 0 aromatic carbocycles. The Kier molecular flexibility index (Phi) is 2.71. The maximum Gasteiger partial charge on any atom is 0.324 e. The van der Waals surface area contributed by atoms with Gasteiger partial charge in [0.25, 0.3) is 0 Å². The van der Waals surface area contributed by atoms with Crippen molar-refractivity contribution in [3.8, 4) is 9.88 Å². The minimum Gasteiger partial charge on any atom is -0.324 e. The fourth-order valence-corrected chi connectivity index (χ4v) is 2.57. The summed E-state index contributed by atoms with van der Waals surface area (Å²) >= 11 is 2.44. The molecule has 15 heavy (non-hydrogen) atoms. The van der Waals surface area contributed by atoms with Crippen LogP contribution in [0, 0.1) is 10.1 Å². The van der Waals surface area contributed by atoms with E-state index in [9.17, 15) is 10.1 Å². The summed E-state index contributed by atoms with van der Waals surface area (Å²) in [7, 11) is 0. The number of rotatable bonds is 3. The maximum absolute atomic E-state index is 10.5. The SMILES string of the molecule is NCc1nnc(-c2ccc([N+](=O)[O-])s2)s1. The third kappa shape index (κ3) is 2.01. The van der Waals surface area contributed by atoms with Crippen LogP contribution >= 0.6 is 22.7 Å². The van der Waals surface area contributed by atoms with Crippen LogP contribution in [-0.2, 0) is 6.54 Å². The van der Waals surface area contributed by atoms with Gasteiger partial charge >= 0.3 is 5.00 Å². The van der Waals surface area contributed by atoms with E-state index in [1.807, 2.05) is 0 Å². The Labute approximate surface area is 92.5 Å². The first kappa shape index (κ1) is 10.1. The lowest BCUT2D eigenvalue weighted by Gasteiger charge is -1.84. The Hall–Kier alpha value is -1.38. The molecule has 2 heterocycles. The van der Waals surface area contributed by atoms with Gasteiger partial charge in [0.1, 0.15) is 5.01 Å². The molecule has 6 nitrogen and oxygen atoms in total. The molecule has 0 aliphatic carbocycles. The van der Waals surface area contributed by atoms with E-state index in [1.165, 1.54) is 17.4 Å². The Morgan fingerprint density at radius 2 is 2.20 bits per heavy atom. The minimum absolute atomic E-state index is 0.106. The number of hydrogen-bond donors (Lipinski definition) is 1. The van der Waals surface area contributed by atoms with Crippen molar-refractivity contribution in [1.82, 2.24) is 10.2 Å². The zero-order valence-corrected chi connectivity index (χ0v) is 9.05. The van der Waals surface area contributed by atoms with Gasteiger partial charge in [0.2, 0.25) is 0 Å². The van der Waals surface area contributed by atoms with Crippen molar-refractivity contribution in [3.63, 3.8) is 0 Å². The standard InChI is InChI=1S/C7H6N4O2S2/c8-3-5-9-10-7(15-5)4-1-2-6(14-4)11(12)13/h1-2H,3,8H2. The van der Waals surface area contributed by atoms with Crippen LogP contribution in [0.4, 0.5) is 5.00 Å². The molecule has 0 fully saturated rings. The van der Waals surface area contributed by atoms with Crippen LogP contribution in [0.15, 0.2) is 12.1 Å². The van der Waals surface area contributed by atoms with E-state index in [2.05, 4.69) is 10.2 Å². The molecule has 78 valence electrons. The van der Waals surface area contributed by atoms with E-state index in [-0.39, 0.29) is 5.00 Å². The number of thiophene rings is 1. The third-order valence-corrected chi connectivity index (χ3v) is 3.78. The Balaban J connectivity index is 2.32. The summed E-state index contributed by atoms with van der Waals surface area (Å²) < 4.78 is 0. The van der Waals surface area contributed by atoms with Gasteiger partial charge < -0.3 is 5.73 Å². The smallest absolute Gasteiger partial charge is 0.324 e. The summed E-state index contributed by atoms with van der Waals surface area (Å²) in [6.45, 7) is 0.338. The molecule has 0 aliphatic heterocycles. The van der Waals surface area contributed by atoms with Crippen molar-refractivity contribution >= 4 is 27.7 Å². The van der Waals surface area contributed by atoms with Crippen molar-refractivity contribution in [2.75, 3.05) is 0 Å². The Morgan fingerprint density at radius 1 is 1.40 bits per heavy atom. The molecule has 0 radical (unpaired) electrons. The maximum atomic E-state index is 10.5. The van der Waals surface area contributed by atoms with Gasteiger partial charge in [-0.25, -0.2) is 0 Å². The summed E-state index contributed by atoms with van der Waals surface area (Å²) in [5.41, 5.74) is 5.40. The molecular weight excluding hydrogens is 236 g/mol. The highest BCUT2D eigenvalue weighted by atomic mass is 32.1. The van der Waals surface area contributed by atoms with Crippen LogP contribution in [0.5, 0.6) is 0 Å². The molecule has 8 heteroatoms. The van der Waals surface area contributed by atoms with E-state index in [1.54, 1.807) is 6.07 Å². The van der Waals surface area contributed by atoms with Gasteiger partial charge in [0.05, 0.1) is 9.80 Å². The highest BCUT2D eigenvalue weighted by Crippen LogP contribution is 2.33. The topological polar surface area (TPSA) is 94.9 Å². The van der Waals surface area contributed by atoms with Crippen LogP contribution in [0.2, 0.25) is 0 Å². The van der Waals surface area contributed by atoms with E-state index < -0.39 is 4.92 Å². The molecule has 0 saturated carbocycles. The quantitative estimate of drug-likeness (QED) is 0.652. The molecule has 0 atom stereocenters. The minimum atomic E-state index is -0.418. The fraction of sp³-hybridized carbons (Fsp3) is 0.143. The lowest BCUT2D eigenvalue weighted by atomic mass is 10.5. The zero-order chi connectivity index (χ0) is 10.8. The highest BCUT2D eigenvalue weighted by molar-refractivity contribution is 7.23. The third-order valence-electron chi connectivity index (χ3n) is 1.62. The van der Waals surface area contributed by atoms with Crippen LogP contribution in [0.1, 0.15) is 5.01 Å². The fourth-order valence-electron chi connectivity index (χ4n) is 0.976. The largest absolute Gasteiger partial charge is 0.324 e. The summed E-state index contributed by atoms with van der Waals surface area (Å²) in [5.74, 6) is 0. The van der Waals surface area contributed by atoms with E-state index >= 15 is 0 Å². The second-order valence-electron chi connectivity index (χ2n) is 2.60. The molecule has 2 rings (SSSR count). The van der Waals surface area contributed by atoms with Crippen LogP contribution < -0.4 is 5.73 Å². The highest BCUT2D eigenvalue weighted by Gasteiger charge is 2.13. The molecule has 0 amide bonds. The van der Waals surface area contributed by atoms with Gasteiger partial charge in [-0.3, -0.25) is 10.1 Å². The molecule has 0 aliphatic rings. The molecule has 0 spiro atoms. The van der Waals surface area contributed by atoms with Crippen molar-refractivity contribution in [3.05, 3.63) is 27.3 Å². The average Bonchev–Trinajstić information content (AvgIpc) is 2.86. The molecule has 0 unspecified atom stereocenters. The lowest BCUT2D eigenvalue weighted by molar-refractivity contribution is -0.380. The summed E-state index contributed by atoms with van der Waals surface area (Å²) in [6.07, 6.45) is 0. The molecule has 2 N–H and O–H groups in total. The Bertz CT molecular complexity index is 493. The number of aromatic nitrogens is 2. The van der Waals surface area contributed by atoms with Crippen LogP contribution in [0.25, 0.3) is 9.88 Å². The van der Waals surface area contributed by atoms with Crippen molar-refractivity contribution in [1.29, 1.82) is 0 Å². The monoisotopic (exact) mass is 242 g/mol. The normalized spacial score (nSPS) is 10.5. The predicted octanol–water partition coefficient (Wildman–Crippen LogP) is 1.63. The van der Waals surface area contributed by atoms with Crippen LogP contribution in [0.3, 0.4) is 0 Å². The van der Waals surface area contributed by atoms with E-state index in [4.69, 9.17) is 5.73 Å². The first-order valence-electron chi connectivity index (χ1n) is 3.97. The van der Waals surface area contributed by atoms with E-state index in [0.717, 1.165) is 21.2 Å². The van der Waals surface area contributed by atoms with Gasteiger partial charge in [-0.05, 0) is 6.07 Å². The molecular formula is C7H6N4O2S2. The van der Waals surface area contributed by atoms with Crippen molar-refractivity contribution in [2.24, 2.45) is 5.73 Å². The van der Waals surface area contributed by atoms with Gasteiger partial charge in [-0.15, -0.1) is 10.2 Å². The number of nitro groups is 1. The van der Waals surface area contributed by atoms with E-state index in [0.29, 0.717) is 11.6 Å². The summed E-state index contributed by atoms with van der Waals surface area (Å²) in [6, 6.07) is 3.13. The first-order valence-corrected chi connectivity index (χ1v) is 5.61. The number of hydrogen-bond acceptors (Lipinski definition) is 7. The van der Waals surface area contributed by atoms with Gasteiger partial charge in [0, 0.05) is 12.6 Å².